The lowest BCUT2D eigenvalue weighted by molar-refractivity contribution is 1.05. The van der Waals surface area contributed by atoms with Gasteiger partial charge >= 0.3 is 0 Å². The highest BCUT2D eigenvalue weighted by Crippen LogP contribution is 2.33. The fraction of sp³-hybridized carbons (Fsp3) is 0.375. The van der Waals surface area contributed by atoms with Crippen LogP contribution in [-0.2, 0) is 6.42 Å². The minimum absolute atomic E-state index is 0.0174. The van der Waals surface area contributed by atoms with Gasteiger partial charge in [-0.1, -0.05) is 75.7 Å². The van der Waals surface area contributed by atoms with Crippen LogP contribution in [0.25, 0.3) is 0 Å². The maximum Gasteiger partial charge on any atom is 0.248 e. The van der Waals surface area contributed by atoms with Crippen LogP contribution >= 0.6 is 69.6 Å². The van der Waals surface area contributed by atoms with Gasteiger partial charge in [0.25, 0.3) is 0 Å². The van der Waals surface area contributed by atoms with Crippen LogP contribution in [0.2, 0.25) is 0 Å². The summed E-state index contributed by atoms with van der Waals surface area (Å²) in [5, 5.41) is 2.66. The Morgan fingerprint density at radius 1 is 1.00 bits per heavy atom. The van der Waals surface area contributed by atoms with Crippen LogP contribution < -0.4 is 10.2 Å². The Labute approximate surface area is 182 Å². The molecule has 0 saturated carbocycles. The molecule has 4 nitrogen and oxygen atoms in total. The maximum atomic E-state index is 5.91. The second kappa shape index (κ2) is 8.34. The van der Waals surface area contributed by atoms with E-state index in [4.69, 9.17) is 69.6 Å². The number of aliphatic imine (C=N–C) groups is 2. The number of nitrogens with zero attached hydrogens (tertiary/aromatic N) is 3. The molecule has 1 aliphatic rings. The largest absolute Gasteiger partial charge is 0.378 e. The standard InChI is InChI=1S/C16H16Cl6N4/c1-9-4-6-11(26(2)3)8-10(9)5-7-12-23-13(15(17,18)19)25-14(24-12)16(20,21)22/h4,6-8H,5H2,1-3H3,(H,23,24,25). The second-order valence-corrected chi connectivity index (χ2v) is 10.4. The molecule has 1 aromatic rings. The molecule has 142 valence electrons. The van der Waals surface area contributed by atoms with Gasteiger partial charge in [0, 0.05) is 19.8 Å². The zero-order chi connectivity index (χ0) is 19.7. The number of hydrogen-bond acceptors (Lipinski definition) is 4. The van der Waals surface area contributed by atoms with E-state index in [0.29, 0.717) is 12.2 Å². The Bertz CT molecular complexity index is 740. The van der Waals surface area contributed by atoms with Gasteiger partial charge in [0.2, 0.25) is 7.59 Å². The minimum Gasteiger partial charge on any atom is -0.378 e. The molecular formula is C16H16Cl6N4. The van der Waals surface area contributed by atoms with Crippen molar-refractivity contribution < 1.29 is 0 Å². The molecule has 1 N–H and O–H groups in total. The summed E-state index contributed by atoms with van der Waals surface area (Å²) in [4.78, 5) is 10.5. The van der Waals surface area contributed by atoms with Gasteiger partial charge in [-0.2, -0.15) is 0 Å². The molecule has 0 radical (unpaired) electrons. The summed E-state index contributed by atoms with van der Waals surface area (Å²) in [5.41, 5.74) is 3.33. The SMILES string of the molecule is Cc1ccc(N(C)C)cc1CC=C1N=C(C(Cl)(Cl)Cl)NC(C(Cl)(Cl)Cl)=N1. The molecule has 0 aromatic heterocycles. The molecule has 0 bridgehead atoms. The number of amidine groups is 2. The van der Waals surface area contributed by atoms with Gasteiger partial charge in [0.05, 0.1) is 0 Å². The van der Waals surface area contributed by atoms with Crippen molar-refractivity contribution in [2.45, 2.75) is 20.9 Å². The number of benzene rings is 1. The van der Waals surface area contributed by atoms with Crippen molar-refractivity contribution in [3.63, 3.8) is 0 Å². The lowest BCUT2D eigenvalue weighted by Gasteiger charge is -2.25. The van der Waals surface area contributed by atoms with Crippen LogP contribution in [0.15, 0.2) is 40.1 Å². The van der Waals surface area contributed by atoms with Crippen molar-refractivity contribution >= 4 is 87.0 Å². The normalized spacial score (nSPS) is 15.2. The molecule has 10 heteroatoms. The summed E-state index contributed by atoms with van der Waals surface area (Å²) in [6.07, 6.45) is 2.35. The second-order valence-electron chi connectivity index (χ2n) is 5.81. The molecule has 0 fully saturated rings. The third-order valence-corrected chi connectivity index (χ3v) is 4.65. The molecule has 1 heterocycles. The predicted molar refractivity (Wildman–Crippen MR) is 116 cm³/mol. The average molecular weight is 477 g/mol. The number of allylic oxidation sites excluding steroid dienone is 1. The molecule has 26 heavy (non-hydrogen) atoms. The molecule has 2 rings (SSSR count). The van der Waals surface area contributed by atoms with E-state index in [-0.39, 0.29) is 11.7 Å². The molecule has 1 aromatic carbocycles. The van der Waals surface area contributed by atoms with E-state index in [1.807, 2.05) is 25.9 Å². The summed E-state index contributed by atoms with van der Waals surface area (Å²) in [6, 6.07) is 6.19. The summed E-state index contributed by atoms with van der Waals surface area (Å²) >= 11 is 35.5. The topological polar surface area (TPSA) is 40.0 Å². The van der Waals surface area contributed by atoms with Crippen LogP contribution in [0.4, 0.5) is 5.69 Å². The highest BCUT2D eigenvalue weighted by molar-refractivity contribution is 6.79. The van der Waals surface area contributed by atoms with Gasteiger partial charge in [0.15, 0.2) is 17.5 Å². The molecule has 0 spiro atoms. The van der Waals surface area contributed by atoms with Gasteiger partial charge in [-0.25, -0.2) is 9.98 Å². The zero-order valence-electron chi connectivity index (χ0n) is 14.1. The first-order valence-electron chi connectivity index (χ1n) is 7.43. The predicted octanol–water partition coefficient (Wildman–Crippen LogP) is 5.59. The van der Waals surface area contributed by atoms with Crippen LogP contribution in [0.5, 0.6) is 0 Å². The highest BCUT2D eigenvalue weighted by atomic mass is 35.6. The van der Waals surface area contributed by atoms with Crippen LogP contribution in [-0.4, -0.2) is 33.4 Å². The van der Waals surface area contributed by atoms with Crippen LogP contribution in [0.3, 0.4) is 0 Å². The van der Waals surface area contributed by atoms with Crippen molar-refractivity contribution in [2.75, 3.05) is 19.0 Å². The lowest BCUT2D eigenvalue weighted by Crippen LogP contribution is -2.46. The number of nitrogens with one attached hydrogen (secondary N) is 1. The van der Waals surface area contributed by atoms with E-state index in [2.05, 4.69) is 33.5 Å². The lowest BCUT2D eigenvalue weighted by atomic mass is 10.0. The van der Waals surface area contributed by atoms with E-state index >= 15 is 0 Å². The number of alkyl halides is 6. The monoisotopic (exact) mass is 474 g/mol. The highest BCUT2D eigenvalue weighted by Gasteiger charge is 2.37. The van der Waals surface area contributed by atoms with E-state index in [1.54, 1.807) is 6.08 Å². The number of hydrogen-bond donors (Lipinski definition) is 1. The Hall–Kier alpha value is -0.360. The molecule has 0 saturated heterocycles. The first-order valence-corrected chi connectivity index (χ1v) is 9.70. The minimum atomic E-state index is -1.81. The fourth-order valence-corrected chi connectivity index (χ4v) is 2.68. The molecular weight excluding hydrogens is 461 g/mol. The van der Waals surface area contributed by atoms with Crippen molar-refractivity contribution in [2.24, 2.45) is 9.98 Å². The quantitative estimate of drug-likeness (QED) is 0.578. The summed E-state index contributed by atoms with van der Waals surface area (Å²) in [6.45, 7) is 2.03. The Morgan fingerprint density at radius 2 is 1.54 bits per heavy atom. The smallest absolute Gasteiger partial charge is 0.248 e. The third-order valence-electron chi connectivity index (χ3n) is 3.58. The first-order chi connectivity index (χ1) is 11.9. The van der Waals surface area contributed by atoms with Gasteiger partial charge in [-0.15, -0.1) is 0 Å². The van der Waals surface area contributed by atoms with Gasteiger partial charge in [-0.3, -0.25) is 0 Å². The molecule has 0 amide bonds. The number of rotatable bonds is 3. The molecule has 0 atom stereocenters. The molecule has 0 aliphatic carbocycles. The number of halogens is 6. The third kappa shape index (κ3) is 5.82. The van der Waals surface area contributed by atoms with Crippen LogP contribution in [0.1, 0.15) is 11.1 Å². The Kier molecular flexibility index (Phi) is 7.03. The van der Waals surface area contributed by atoms with Crippen molar-refractivity contribution in [1.82, 2.24) is 5.32 Å². The van der Waals surface area contributed by atoms with Gasteiger partial charge < -0.3 is 10.2 Å². The van der Waals surface area contributed by atoms with Crippen molar-refractivity contribution in [3.05, 3.63) is 41.2 Å². The van der Waals surface area contributed by atoms with E-state index in [0.717, 1.165) is 16.8 Å². The molecule has 1 aliphatic heterocycles. The van der Waals surface area contributed by atoms with Crippen molar-refractivity contribution in [3.8, 4) is 0 Å². The van der Waals surface area contributed by atoms with Gasteiger partial charge in [-0.05, 0) is 42.7 Å². The van der Waals surface area contributed by atoms with Crippen molar-refractivity contribution in [1.29, 1.82) is 0 Å². The zero-order valence-corrected chi connectivity index (χ0v) is 18.7. The van der Waals surface area contributed by atoms with E-state index < -0.39 is 7.59 Å². The van der Waals surface area contributed by atoms with E-state index in [1.165, 1.54) is 0 Å². The summed E-state index contributed by atoms with van der Waals surface area (Å²) in [7, 11) is 3.96. The first kappa shape index (κ1) is 21.9. The molecule has 0 unspecified atom stereocenters. The summed E-state index contributed by atoms with van der Waals surface area (Å²) in [5.74, 6) is 0.328. The van der Waals surface area contributed by atoms with Gasteiger partial charge in [0.1, 0.15) is 0 Å². The maximum absolute atomic E-state index is 5.91. The number of anilines is 1. The Balaban J connectivity index is 2.38. The summed E-state index contributed by atoms with van der Waals surface area (Å²) < 4.78 is -3.62. The number of aryl methyl sites for hydroxylation is 1. The Morgan fingerprint density at radius 3 is 2.00 bits per heavy atom. The van der Waals surface area contributed by atoms with E-state index in [9.17, 15) is 0 Å². The average Bonchev–Trinajstić information content (AvgIpc) is 2.52. The van der Waals surface area contributed by atoms with Crippen LogP contribution in [0, 0.1) is 6.92 Å². The fourth-order valence-electron chi connectivity index (χ4n) is 2.14.